The second-order valence-corrected chi connectivity index (χ2v) is 8.85. The predicted octanol–water partition coefficient (Wildman–Crippen LogP) is 5.14. The molecule has 0 saturated carbocycles. The van der Waals surface area contributed by atoms with Crippen molar-refractivity contribution in [3.63, 3.8) is 0 Å². The number of hydrogen-bond acceptors (Lipinski definition) is 6. The third-order valence-electron chi connectivity index (χ3n) is 4.02. The van der Waals surface area contributed by atoms with E-state index in [1.807, 2.05) is 6.92 Å². The highest BCUT2D eigenvalue weighted by atomic mass is 32.2. The molecule has 2 aromatic carbocycles. The van der Waals surface area contributed by atoms with Gasteiger partial charge in [-0.15, -0.1) is 23.5 Å². The number of carbonyl (C=O) groups excluding carboxylic acids is 2. The minimum atomic E-state index is -0.497. The van der Waals surface area contributed by atoms with Crippen LogP contribution in [0.3, 0.4) is 0 Å². The van der Waals surface area contributed by atoms with Gasteiger partial charge in [0.25, 0.3) is 5.69 Å². The number of nitro benzene ring substituents is 1. The van der Waals surface area contributed by atoms with Gasteiger partial charge in [0.1, 0.15) is 0 Å². The highest BCUT2D eigenvalue weighted by molar-refractivity contribution is 8.25. The quantitative estimate of drug-likeness (QED) is 0.164. The normalized spacial score (nSPS) is 18.2. The first-order valence-corrected chi connectivity index (χ1v) is 10.4. The Kier molecular flexibility index (Phi) is 6.49. The number of nitro groups is 1. The van der Waals surface area contributed by atoms with Gasteiger partial charge in [-0.05, 0) is 18.2 Å². The average molecular weight is 412 g/mol. The third-order valence-corrected chi connectivity index (χ3v) is 6.99. The number of hydrogen-bond donors (Lipinski definition) is 0. The maximum Gasteiger partial charge on any atom is 0.276 e. The molecule has 0 aromatic heterocycles. The lowest BCUT2D eigenvalue weighted by atomic mass is 10.0. The molecular formula is C21H17NO4S2. The molecule has 5 nitrogen and oxygen atoms in total. The average Bonchev–Trinajstić information content (AvgIpc) is 3.13. The van der Waals surface area contributed by atoms with Crippen molar-refractivity contribution < 1.29 is 14.5 Å². The Balaban J connectivity index is 1.97. The van der Waals surface area contributed by atoms with Gasteiger partial charge in [-0.25, -0.2) is 0 Å². The Bertz CT molecular complexity index is 983. The summed E-state index contributed by atoms with van der Waals surface area (Å²) in [6.07, 6.45) is 2.64. The van der Waals surface area contributed by atoms with Gasteiger partial charge in [-0.3, -0.25) is 19.7 Å². The summed E-state index contributed by atoms with van der Waals surface area (Å²) in [5, 5.41) is 11.5. The van der Waals surface area contributed by atoms with E-state index in [9.17, 15) is 19.7 Å². The van der Waals surface area contributed by atoms with Gasteiger partial charge in [0, 0.05) is 22.6 Å². The van der Waals surface area contributed by atoms with Gasteiger partial charge < -0.3 is 0 Å². The zero-order valence-electron chi connectivity index (χ0n) is 15.0. The number of allylic oxidation sites excluding steroid dienone is 2. The van der Waals surface area contributed by atoms with Crippen molar-refractivity contribution in [3.05, 3.63) is 91.7 Å². The number of carbonyl (C=O) groups is 2. The molecular weight excluding hydrogens is 394 g/mol. The maximum atomic E-state index is 13.0. The fraction of sp³-hybridized carbons (Fsp3) is 0.143. The molecule has 0 spiro atoms. The predicted molar refractivity (Wildman–Crippen MR) is 114 cm³/mol. The van der Waals surface area contributed by atoms with Crippen LogP contribution in [0.4, 0.5) is 5.69 Å². The van der Waals surface area contributed by atoms with Crippen LogP contribution in [-0.2, 0) is 4.79 Å². The van der Waals surface area contributed by atoms with Crippen molar-refractivity contribution in [2.45, 2.75) is 12.2 Å². The van der Waals surface area contributed by atoms with Crippen LogP contribution in [0.1, 0.15) is 22.8 Å². The summed E-state index contributed by atoms with van der Waals surface area (Å²) in [6.45, 7) is 2.04. The maximum absolute atomic E-state index is 13.0. The molecule has 1 atom stereocenters. The van der Waals surface area contributed by atoms with Crippen molar-refractivity contribution in [1.82, 2.24) is 0 Å². The zero-order valence-corrected chi connectivity index (χ0v) is 16.7. The van der Waals surface area contributed by atoms with Crippen molar-refractivity contribution in [2.24, 2.45) is 0 Å². The Morgan fingerprint density at radius 3 is 2.43 bits per heavy atom. The molecule has 0 aliphatic carbocycles. The lowest BCUT2D eigenvalue weighted by Crippen LogP contribution is -2.13. The first-order chi connectivity index (χ1) is 13.5. The lowest BCUT2D eigenvalue weighted by molar-refractivity contribution is -0.385. The first-order valence-electron chi connectivity index (χ1n) is 8.56. The molecule has 1 aliphatic heterocycles. The zero-order chi connectivity index (χ0) is 20.1. The van der Waals surface area contributed by atoms with E-state index in [1.54, 1.807) is 48.5 Å². The molecule has 142 valence electrons. The highest BCUT2D eigenvalue weighted by Crippen LogP contribution is 2.44. The van der Waals surface area contributed by atoms with Crippen molar-refractivity contribution in [1.29, 1.82) is 0 Å². The number of para-hydroxylation sites is 1. The summed E-state index contributed by atoms with van der Waals surface area (Å²) in [5.41, 5.74) is 0.796. The summed E-state index contributed by atoms with van der Waals surface area (Å²) in [5.74, 6) is 0.0465. The van der Waals surface area contributed by atoms with E-state index in [1.165, 1.54) is 41.7 Å². The molecule has 3 rings (SSSR count). The van der Waals surface area contributed by atoms with E-state index in [4.69, 9.17) is 0 Å². The van der Waals surface area contributed by atoms with Gasteiger partial charge in [-0.1, -0.05) is 49.4 Å². The molecule has 1 saturated heterocycles. The smallest absolute Gasteiger partial charge is 0.276 e. The Morgan fingerprint density at radius 2 is 1.79 bits per heavy atom. The van der Waals surface area contributed by atoms with E-state index < -0.39 is 10.7 Å². The van der Waals surface area contributed by atoms with Crippen LogP contribution < -0.4 is 0 Å². The molecule has 1 heterocycles. The minimum absolute atomic E-state index is 0.0895. The van der Waals surface area contributed by atoms with Crippen LogP contribution in [0.2, 0.25) is 0 Å². The summed E-state index contributed by atoms with van der Waals surface area (Å²) in [7, 11) is 0. The van der Waals surface area contributed by atoms with Crippen LogP contribution in [-0.4, -0.2) is 27.5 Å². The molecule has 2 aromatic rings. The van der Waals surface area contributed by atoms with Crippen molar-refractivity contribution in [3.8, 4) is 0 Å². The highest BCUT2D eigenvalue weighted by Gasteiger charge is 2.28. The van der Waals surface area contributed by atoms with Gasteiger partial charge in [0.2, 0.25) is 0 Å². The molecule has 7 heteroatoms. The largest absolute Gasteiger partial charge is 0.289 e. The molecule has 0 radical (unpaired) electrons. The monoisotopic (exact) mass is 411 g/mol. The summed E-state index contributed by atoms with van der Waals surface area (Å²) >= 11 is 3.01. The fourth-order valence-electron chi connectivity index (χ4n) is 2.66. The van der Waals surface area contributed by atoms with Crippen LogP contribution in [0.15, 0.2) is 70.5 Å². The van der Waals surface area contributed by atoms with Crippen LogP contribution in [0, 0.1) is 10.1 Å². The molecule has 1 aliphatic rings. The number of Topliss-reactive ketones (excluding diaryl/α,β-unsaturated/α-hetero) is 1. The fourth-order valence-corrected chi connectivity index (χ4v) is 5.50. The van der Waals surface area contributed by atoms with Gasteiger partial charge in [-0.2, -0.15) is 0 Å². The van der Waals surface area contributed by atoms with Crippen molar-refractivity contribution in [2.75, 3.05) is 5.75 Å². The molecule has 0 amide bonds. The number of thioether (sulfide) groups is 2. The lowest BCUT2D eigenvalue weighted by Gasteiger charge is -2.07. The Hall–Kier alpha value is -2.64. The first kappa shape index (κ1) is 20.1. The summed E-state index contributed by atoms with van der Waals surface area (Å²) in [4.78, 5) is 36.6. The van der Waals surface area contributed by atoms with Crippen LogP contribution in [0.5, 0.6) is 0 Å². The van der Waals surface area contributed by atoms with Gasteiger partial charge in [0.05, 0.1) is 20.3 Å². The van der Waals surface area contributed by atoms with E-state index in [2.05, 4.69) is 0 Å². The van der Waals surface area contributed by atoms with Crippen molar-refractivity contribution >= 4 is 46.9 Å². The molecule has 1 fully saturated rings. The second kappa shape index (κ2) is 9.03. The van der Waals surface area contributed by atoms with E-state index in [0.29, 0.717) is 20.6 Å². The molecule has 28 heavy (non-hydrogen) atoms. The molecule has 0 N–H and O–H groups in total. The number of nitrogens with zero attached hydrogens (tertiary/aromatic N) is 1. The minimum Gasteiger partial charge on any atom is -0.289 e. The standard InChI is InChI=1S/C21H17NO4S2/c1-14-13-27-21(28-14)19(20(24)16-8-3-2-4-9-16)18(23)12-11-15-7-5-6-10-17(15)22(25)26/h2-12,14H,13H2,1H3. The number of ketones is 2. The van der Waals surface area contributed by atoms with E-state index in [0.717, 1.165) is 5.75 Å². The molecule has 0 bridgehead atoms. The topological polar surface area (TPSA) is 77.3 Å². The molecule has 1 unspecified atom stereocenters. The van der Waals surface area contributed by atoms with Gasteiger partial charge in [0.15, 0.2) is 11.6 Å². The number of benzene rings is 2. The second-order valence-electron chi connectivity index (χ2n) is 6.11. The summed E-state index contributed by atoms with van der Waals surface area (Å²) in [6, 6.07) is 14.8. The SMILES string of the molecule is CC1CSC(=C(C(=O)C=Cc2ccccc2[N+](=O)[O-])C(=O)c2ccccc2)S1. The third kappa shape index (κ3) is 4.61. The van der Waals surface area contributed by atoms with Gasteiger partial charge >= 0.3 is 0 Å². The van der Waals surface area contributed by atoms with E-state index in [-0.39, 0.29) is 17.0 Å². The number of rotatable bonds is 6. The summed E-state index contributed by atoms with van der Waals surface area (Å²) < 4.78 is 0.707. The van der Waals surface area contributed by atoms with E-state index >= 15 is 0 Å². The Morgan fingerprint density at radius 1 is 1.11 bits per heavy atom. The Labute approximate surface area is 171 Å². The van der Waals surface area contributed by atoms with Crippen LogP contribution in [0.25, 0.3) is 6.08 Å². The van der Waals surface area contributed by atoms with Crippen LogP contribution >= 0.6 is 23.5 Å².